The van der Waals surface area contributed by atoms with Gasteiger partial charge < -0.3 is 15.4 Å². The van der Waals surface area contributed by atoms with E-state index in [0.717, 1.165) is 45.9 Å². The van der Waals surface area contributed by atoms with Gasteiger partial charge in [0.15, 0.2) is 5.78 Å². The van der Waals surface area contributed by atoms with E-state index in [4.69, 9.17) is 4.74 Å². The second kappa shape index (κ2) is 8.68. The number of allylic oxidation sites excluding steroid dienone is 1. The topological polar surface area (TPSA) is 50.4 Å². The average Bonchev–Trinajstić information content (AvgIpc) is 3.00. The maximum Gasteiger partial charge on any atom is 0.163 e. The van der Waals surface area contributed by atoms with Gasteiger partial charge in [-0.15, -0.1) is 0 Å². The number of benzene rings is 3. The Morgan fingerprint density at radius 2 is 1.59 bits per heavy atom. The predicted molar refractivity (Wildman–Crippen MR) is 139 cm³/mol. The van der Waals surface area contributed by atoms with Gasteiger partial charge in [0.25, 0.3) is 0 Å². The van der Waals surface area contributed by atoms with Gasteiger partial charge in [-0.1, -0.05) is 69.3 Å². The molecule has 1 aliphatic carbocycles. The lowest BCUT2D eigenvalue weighted by Gasteiger charge is -2.30. The molecule has 0 radical (unpaired) electrons. The Kier molecular flexibility index (Phi) is 5.68. The standard InChI is InChI=1S/C30H32N2O2/c1-30(2,3)22-14-12-19(13-15-22)29-28-26(31-24-10-5-6-11-25(24)32-29)17-21(18-27(28)33)20-8-7-9-23(16-20)34-4/h5-16,21,29,31-32H,17-18H2,1-4H3. The summed E-state index contributed by atoms with van der Waals surface area (Å²) in [5.74, 6) is 1.12. The summed E-state index contributed by atoms with van der Waals surface area (Å²) in [5.41, 5.74) is 7.47. The van der Waals surface area contributed by atoms with E-state index in [2.05, 4.69) is 79.9 Å². The summed E-state index contributed by atoms with van der Waals surface area (Å²) in [7, 11) is 1.68. The largest absolute Gasteiger partial charge is 0.497 e. The molecule has 4 heteroatoms. The summed E-state index contributed by atoms with van der Waals surface area (Å²) in [6, 6.07) is 24.8. The van der Waals surface area contributed by atoms with Crippen molar-refractivity contribution in [1.82, 2.24) is 0 Å². The smallest absolute Gasteiger partial charge is 0.163 e. The first-order valence-corrected chi connectivity index (χ1v) is 12.0. The van der Waals surface area contributed by atoms with Gasteiger partial charge in [0.05, 0.1) is 24.5 Å². The van der Waals surface area contributed by atoms with Crippen LogP contribution in [0.2, 0.25) is 0 Å². The molecule has 2 aliphatic rings. The monoisotopic (exact) mass is 452 g/mol. The van der Waals surface area contributed by atoms with Crippen LogP contribution in [0.25, 0.3) is 0 Å². The zero-order chi connectivity index (χ0) is 23.9. The van der Waals surface area contributed by atoms with Crippen LogP contribution in [0.4, 0.5) is 11.4 Å². The number of hydrogen-bond acceptors (Lipinski definition) is 4. The van der Waals surface area contributed by atoms with Crippen molar-refractivity contribution < 1.29 is 9.53 Å². The molecule has 0 saturated carbocycles. The first kappa shape index (κ1) is 22.3. The Bertz CT molecular complexity index is 1250. The van der Waals surface area contributed by atoms with Gasteiger partial charge in [0.2, 0.25) is 0 Å². The maximum atomic E-state index is 13.7. The highest BCUT2D eigenvalue weighted by Gasteiger charge is 2.36. The Labute approximate surface area is 202 Å². The van der Waals surface area contributed by atoms with Crippen molar-refractivity contribution in [1.29, 1.82) is 0 Å². The fraction of sp³-hybridized carbons (Fsp3) is 0.300. The van der Waals surface area contributed by atoms with Gasteiger partial charge in [-0.25, -0.2) is 0 Å². The van der Waals surface area contributed by atoms with Crippen LogP contribution in [0, 0.1) is 0 Å². The van der Waals surface area contributed by atoms with Crippen LogP contribution < -0.4 is 15.4 Å². The van der Waals surface area contributed by atoms with Crippen LogP contribution in [0.5, 0.6) is 5.75 Å². The van der Waals surface area contributed by atoms with Crippen LogP contribution in [-0.4, -0.2) is 12.9 Å². The van der Waals surface area contributed by atoms with Crippen LogP contribution in [0.3, 0.4) is 0 Å². The second-order valence-corrected chi connectivity index (χ2v) is 10.3. The van der Waals surface area contributed by atoms with Crippen molar-refractivity contribution in [2.45, 2.75) is 51.0 Å². The molecular formula is C30H32N2O2. The molecule has 1 aliphatic heterocycles. The molecule has 2 N–H and O–H groups in total. The summed E-state index contributed by atoms with van der Waals surface area (Å²) in [5, 5.41) is 7.30. The fourth-order valence-electron chi connectivity index (χ4n) is 5.05. The van der Waals surface area contributed by atoms with Gasteiger partial charge in [-0.05, 0) is 58.7 Å². The van der Waals surface area contributed by atoms with Crippen LogP contribution in [0.1, 0.15) is 62.3 Å². The molecule has 0 aromatic heterocycles. The molecule has 0 saturated heterocycles. The van der Waals surface area contributed by atoms with Crippen molar-refractivity contribution in [3.05, 3.63) is 101 Å². The number of rotatable bonds is 3. The Hall–Kier alpha value is -3.53. The SMILES string of the molecule is COc1cccc(C2CC(=O)C3=C(C2)Nc2ccccc2NC3c2ccc(C(C)(C)C)cc2)c1. The first-order valence-electron chi connectivity index (χ1n) is 12.0. The summed E-state index contributed by atoms with van der Waals surface area (Å²) in [6.45, 7) is 6.66. The van der Waals surface area contributed by atoms with E-state index in [0.29, 0.717) is 6.42 Å². The van der Waals surface area contributed by atoms with Gasteiger partial charge in [0.1, 0.15) is 5.75 Å². The minimum Gasteiger partial charge on any atom is -0.497 e. The van der Waals surface area contributed by atoms with Crippen LogP contribution >= 0.6 is 0 Å². The molecule has 4 nitrogen and oxygen atoms in total. The van der Waals surface area contributed by atoms with E-state index in [-0.39, 0.29) is 23.2 Å². The second-order valence-electron chi connectivity index (χ2n) is 10.3. The molecule has 2 atom stereocenters. The van der Waals surface area contributed by atoms with E-state index >= 15 is 0 Å². The van der Waals surface area contributed by atoms with E-state index in [1.807, 2.05) is 24.3 Å². The van der Waals surface area contributed by atoms with Crippen LogP contribution in [0.15, 0.2) is 84.1 Å². The van der Waals surface area contributed by atoms with Crippen molar-refractivity contribution in [3.63, 3.8) is 0 Å². The number of ether oxygens (including phenoxy) is 1. The normalized spacial score (nSPS) is 19.9. The number of fused-ring (bicyclic) bond motifs is 1. The molecular weight excluding hydrogens is 420 g/mol. The number of hydrogen-bond donors (Lipinski definition) is 2. The quantitative estimate of drug-likeness (QED) is 0.450. The zero-order valence-corrected chi connectivity index (χ0v) is 20.3. The lowest BCUT2D eigenvalue weighted by atomic mass is 9.78. The summed E-state index contributed by atoms with van der Waals surface area (Å²) < 4.78 is 5.43. The highest BCUT2D eigenvalue weighted by molar-refractivity contribution is 6.01. The third-order valence-electron chi connectivity index (χ3n) is 6.98. The number of para-hydroxylation sites is 2. The highest BCUT2D eigenvalue weighted by atomic mass is 16.5. The number of ketones is 1. The van der Waals surface area contributed by atoms with Crippen molar-refractivity contribution in [3.8, 4) is 5.75 Å². The minimum atomic E-state index is -0.195. The molecule has 5 rings (SSSR count). The average molecular weight is 453 g/mol. The van der Waals surface area contributed by atoms with E-state index in [1.165, 1.54) is 5.56 Å². The molecule has 2 unspecified atom stereocenters. The number of carbonyl (C=O) groups is 1. The van der Waals surface area contributed by atoms with Crippen molar-refractivity contribution in [2.24, 2.45) is 0 Å². The molecule has 174 valence electrons. The fourth-order valence-corrected chi connectivity index (χ4v) is 5.05. The Morgan fingerprint density at radius 1 is 0.853 bits per heavy atom. The number of Topliss-reactive ketones (excluding diaryl/α,β-unsaturated/α-hetero) is 1. The molecule has 1 heterocycles. The third kappa shape index (κ3) is 4.21. The van der Waals surface area contributed by atoms with Crippen LogP contribution in [-0.2, 0) is 10.2 Å². The number of carbonyl (C=O) groups excluding carboxylic acids is 1. The molecule has 3 aromatic carbocycles. The summed E-state index contributed by atoms with van der Waals surface area (Å²) in [4.78, 5) is 13.7. The molecule has 0 bridgehead atoms. The zero-order valence-electron chi connectivity index (χ0n) is 20.3. The molecule has 34 heavy (non-hydrogen) atoms. The summed E-state index contributed by atoms with van der Waals surface area (Å²) in [6.07, 6.45) is 1.27. The highest BCUT2D eigenvalue weighted by Crippen LogP contribution is 2.44. The molecule has 0 amide bonds. The van der Waals surface area contributed by atoms with E-state index < -0.39 is 0 Å². The molecule has 0 fully saturated rings. The maximum absolute atomic E-state index is 13.7. The van der Waals surface area contributed by atoms with Gasteiger partial charge >= 0.3 is 0 Å². The minimum absolute atomic E-state index is 0.0820. The lowest BCUT2D eigenvalue weighted by Crippen LogP contribution is -2.27. The van der Waals surface area contributed by atoms with E-state index in [1.54, 1.807) is 7.11 Å². The molecule has 0 spiro atoms. The van der Waals surface area contributed by atoms with Gasteiger partial charge in [-0.2, -0.15) is 0 Å². The number of nitrogens with one attached hydrogen (secondary N) is 2. The summed E-state index contributed by atoms with van der Waals surface area (Å²) >= 11 is 0. The van der Waals surface area contributed by atoms with E-state index in [9.17, 15) is 4.79 Å². The predicted octanol–water partition coefficient (Wildman–Crippen LogP) is 6.97. The number of methoxy groups -OCH3 is 1. The molecule has 3 aromatic rings. The van der Waals surface area contributed by atoms with Crippen molar-refractivity contribution >= 4 is 17.2 Å². The Balaban J connectivity index is 1.57. The van der Waals surface area contributed by atoms with Gasteiger partial charge in [0, 0.05) is 17.7 Å². The first-order chi connectivity index (χ1) is 16.3. The third-order valence-corrected chi connectivity index (χ3v) is 6.98. The lowest BCUT2D eigenvalue weighted by molar-refractivity contribution is -0.116. The van der Waals surface area contributed by atoms with Gasteiger partial charge in [-0.3, -0.25) is 4.79 Å². The number of anilines is 2. The Morgan fingerprint density at radius 3 is 2.29 bits per heavy atom. The van der Waals surface area contributed by atoms with Crippen molar-refractivity contribution in [2.75, 3.05) is 17.7 Å².